The Morgan fingerprint density at radius 3 is 2.76 bits per heavy atom. The van der Waals surface area contributed by atoms with E-state index in [9.17, 15) is 5.11 Å². The van der Waals surface area contributed by atoms with Crippen LogP contribution in [0.25, 0.3) is 11.0 Å². The number of aromatic nitrogens is 2. The van der Waals surface area contributed by atoms with Gasteiger partial charge in [-0.15, -0.1) is 0 Å². The van der Waals surface area contributed by atoms with Gasteiger partial charge in [-0.25, -0.2) is 4.98 Å². The van der Waals surface area contributed by atoms with Crippen molar-refractivity contribution in [1.82, 2.24) is 9.55 Å². The zero-order valence-electron chi connectivity index (χ0n) is 9.56. The minimum absolute atomic E-state index is 0.276. The van der Waals surface area contributed by atoms with Crippen molar-refractivity contribution in [3.05, 3.63) is 22.9 Å². The van der Waals surface area contributed by atoms with E-state index in [-0.39, 0.29) is 5.75 Å². The van der Waals surface area contributed by atoms with Crippen molar-refractivity contribution in [1.29, 1.82) is 0 Å². The molecule has 0 bridgehead atoms. The molecule has 1 aliphatic carbocycles. The van der Waals surface area contributed by atoms with Crippen LogP contribution in [-0.2, 0) is 0 Å². The van der Waals surface area contributed by atoms with Crippen molar-refractivity contribution in [2.24, 2.45) is 0 Å². The van der Waals surface area contributed by atoms with Gasteiger partial charge in [0.05, 0.1) is 11.0 Å². The minimum Gasteiger partial charge on any atom is -0.508 e. The second-order valence-corrected chi connectivity index (χ2v) is 5.42. The molecule has 0 aliphatic heterocycles. The molecule has 2 aromatic rings. The topological polar surface area (TPSA) is 38.1 Å². The standard InChI is InChI=1S/C13H15BrN2O/c14-13-15-11-8-10(17)6-7-12(11)16(13)9-4-2-1-3-5-9/h6-9,17H,1-5H2. The molecule has 0 amide bonds. The van der Waals surface area contributed by atoms with Gasteiger partial charge in [0.1, 0.15) is 5.75 Å². The quantitative estimate of drug-likeness (QED) is 0.863. The number of aromatic hydroxyl groups is 1. The van der Waals surface area contributed by atoms with Crippen LogP contribution in [0.15, 0.2) is 22.9 Å². The van der Waals surface area contributed by atoms with Crippen LogP contribution in [0.2, 0.25) is 0 Å². The SMILES string of the molecule is Oc1ccc2c(c1)nc(Br)n2C1CCCCC1. The number of fused-ring (bicyclic) bond motifs is 1. The number of phenols is 1. The van der Waals surface area contributed by atoms with Crippen molar-refractivity contribution in [3.8, 4) is 5.75 Å². The summed E-state index contributed by atoms with van der Waals surface area (Å²) in [6.45, 7) is 0. The first-order chi connectivity index (χ1) is 8.25. The Morgan fingerprint density at radius 1 is 1.24 bits per heavy atom. The first-order valence-electron chi connectivity index (χ1n) is 6.12. The van der Waals surface area contributed by atoms with Crippen molar-refractivity contribution < 1.29 is 5.11 Å². The molecule has 1 aromatic carbocycles. The first kappa shape index (κ1) is 11.1. The molecule has 1 heterocycles. The maximum Gasteiger partial charge on any atom is 0.178 e. The van der Waals surface area contributed by atoms with Crippen LogP contribution in [-0.4, -0.2) is 14.7 Å². The highest BCUT2D eigenvalue weighted by atomic mass is 79.9. The van der Waals surface area contributed by atoms with Gasteiger partial charge in [-0.3, -0.25) is 0 Å². The summed E-state index contributed by atoms with van der Waals surface area (Å²) in [5.41, 5.74) is 1.98. The van der Waals surface area contributed by atoms with Crippen LogP contribution in [0.3, 0.4) is 0 Å². The fourth-order valence-corrected chi connectivity index (χ4v) is 3.42. The number of rotatable bonds is 1. The fraction of sp³-hybridized carbons (Fsp3) is 0.462. The molecule has 0 radical (unpaired) electrons. The third-order valence-electron chi connectivity index (χ3n) is 3.57. The number of nitrogens with zero attached hydrogens (tertiary/aromatic N) is 2. The molecule has 3 rings (SSSR count). The average molecular weight is 295 g/mol. The Hall–Kier alpha value is -1.03. The summed E-state index contributed by atoms with van der Waals surface area (Å²) in [7, 11) is 0. The molecule has 1 saturated carbocycles. The van der Waals surface area contributed by atoms with Gasteiger partial charge in [0, 0.05) is 12.1 Å². The molecular weight excluding hydrogens is 280 g/mol. The molecule has 0 unspecified atom stereocenters. The average Bonchev–Trinajstić information content (AvgIpc) is 2.65. The highest BCUT2D eigenvalue weighted by molar-refractivity contribution is 9.10. The maximum absolute atomic E-state index is 9.48. The molecule has 0 saturated heterocycles. The predicted octanol–water partition coefficient (Wildman–Crippen LogP) is 4.01. The Balaban J connectivity index is 2.11. The monoisotopic (exact) mass is 294 g/mol. The van der Waals surface area contributed by atoms with E-state index < -0.39 is 0 Å². The van der Waals surface area contributed by atoms with Crippen molar-refractivity contribution >= 4 is 27.0 Å². The minimum atomic E-state index is 0.276. The summed E-state index contributed by atoms with van der Waals surface area (Å²) in [6, 6.07) is 5.96. The highest BCUT2D eigenvalue weighted by Crippen LogP contribution is 2.34. The molecule has 1 N–H and O–H groups in total. The fourth-order valence-electron chi connectivity index (χ4n) is 2.74. The second-order valence-electron chi connectivity index (χ2n) is 4.72. The third-order valence-corrected chi connectivity index (χ3v) is 4.13. The summed E-state index contributed by atoms with van der Waals surface area (Å²) in [5, 5.41) is 9.48. The Morgan fingerprint density at radius 2 is 2.00 bits per heavy atom. The lowest BCUT2D eigenvalue weighted by atomic mass is 9.95. The van der Waals surface area contributed by atoms with Crippen LogP contribution < -0.4 is 0 Å². The van der Waals surface area contributed by atoms with E-state index in [4.69, 9.17) is 0 Å². The maximum atomic E-state index is 9.48. The molecule has 17 heavy (non-hydrogen) atoms. The van der Waals surface area contributed by atoms with Crippen LogP contribution in [0.4, 0.5) is 0 Å². The van der Waals surface area contributed by atoms with Gasteiger partial charge in [-0.2, -0.15) is 0 Å². The molecule has 0 atom stereocenters. The highest BCUT2D eigenvalue weighted by Gasteiger charge is 2.20. The first-order valence-corrected chi connectivity index (χ1v) is 6.91. The lowest BCUT2D eigenvalue weighted by molar-refractivity contribution is 0.355. The Kier molecular flexibility index (Phi) is 2.82. The number of hydrogen-bond acceptors (Lipinski definition) is 2. The van der Waals surface area contributed by atoms with Gasteiger partial charge >= 0.3 is 0 Å². The summed E-state index contributed by atoms with van der Waals surface area (Å²) >= 11 is 3.54. The van der Waals surface area contributed by atoms with E-state index in [0.29, 0.717) is 6.04 Å². The number of benzene rings is 1. The van der Waals surface area contributed by atoms with E-state index in [2.05, 4.69) is 25.5 Å². The molecule has 1 fully saturated rings. The molecular formula is C13H15BrN2O. The van der Waals surface area contributed by atoms with Crippen LogP contribution in [0.1, 0.15) is 38.1 Å². The number of imidazole rings is 1. The predicted molar refractivity (Wildman–Crippen MR) is 71.2 cm³/mol. The van der Waals surface area contributed by atoms with Gasteiger partial charge in [-0.1, -0.05) is 19.3 Å². The van der Waals surface area contributed by atoms with E-state index in [1.165, 1.54) is 32.1 Å². The molecule has 4 heteroatoms. The van der Waals surface area contributed by atoms with Crippen LogP contribution >= 0.6 is 15.9 Å². The van der Waals surface area contributed by atoms with E-state index in [1.54, 1.807) is 12.1 Å². The number of halogens is 1. The number of phenolic OH excluding ortho intramolecular Hbond substituents is 1. The Bertz CT molecular complexity index is 544. The van der Waals surface area contributed by atoms with Crippen LogP contribution in [0.5, 0.6) is 5.75 Å². The lowest BCUT2D eigenvalue weighted by Crippen LogP contribution is -2.12. The molecule has 1 aromatic heterocycles. The van der Waals surface area contributed by atoms with Gasteiger partial charge in [0.2, 0.25) is 0 Å². The van der Waals surface area contributed by atoms with Gasteiger partial charge in [0.15, 0.2) is 4.73 Å². The van der Waals surface area contributed by atoms with Gasteiger partial charge in [-0.05, 0) is 40.9 Å². The summed E-state index contributed by atoms with van der Waals surface area (Å²) in [5.74, 6) is 0.276. The molecule has 90 valence electrons. The lowest BCUT2D eigenvalue weighted by Gasteiger charge is -2.24. The van der Waals surface area contributed by atoms with E-state index in [1.807, 2.05) is 6.07 Å². The number of hydrogen-bond donors (Lipinski definition) is 1. The van der Waals surface area contributed by atoms with Gasteiger partial charge < -0.3 is 9.67 Å². The van der Waals surface area contributed by atoms with Crippen molar-refractivity contribution in [2.75, 3.05) is 0 Å². The third kappa shape index (κ3) is 1.95. The Labute approximate surface area is 109 Å². The normalized spacial score (nSPS) is 17.7. The summed E-state index contributed by atoms with van der Waals surface area (Å²) < 4.78 is 3.15. The molecule has 0 spiro atoms. The molecule has 1 aliphatic rings. The largest absolute Gasteiger partial charge is 0.508 e. The van der Waals surface area contributed by atoms with E-state index >= 15 is 0 Å². The van der Waals surface area contributed by atoms with Crippen molar-refractivity contribution in [3.63, 3.8) is 0 Å². The zero-order chi connectivity index (χ0) is 11.8. The summed E-state index contributed by atoms with van der Waals surface area (Å²) in [4.78, 5) is 4.47. The van der Waals surface area contributed by atoms with E-state index in [0.717, 1.165) is 15.8 Å². The van der Waals surface area contributed by atoms with Crippen LogP contribution in [0, 0.1) is 0 Å². The van der Waals surface area contributed by atoms with Gasteiger partial charge in [0.25, 0.3) is 0 Å². The van der Waals surface area contributed by atoms with Crippen molar-refractivity contribution in [2.45, 2.75) is 38.1 Å². The zero-order valence-corrected chi connectivity index (χ0v) is 11.2. The summed E-state index contributed by atoms with van der Waals surface area (Å²) in [6.07, 6.45) is 6.40. The molecule has 3 nitrogen and oxygen atoms in total. The second kappa shape index (κ2) is 4.33. The smallest absolute Gasteiger partial charge is 0.178 e.